The highest BCUT2D eigenvalue weighted by atomic mass is 16.3. The summed E-state index contributed by atoms with van der Waals surface area (Å²) in [5, 5.41) is 36.4. The van der Waals surface area contributed by atoms with Crippen molar-refractivity contribution < 1.29 is 24.6 Å². The fraction of sp³-hybridized carbons (Fsp3) is 0.965. The summed E-state index contributed by atoms with van der Waals surface area (Å²) in [6, 6.07) is 0. The molecule has 0 saturated heterocycles. The quantitative estimate of drug-likeness (QED) is 0.0327. The monoisotopic (exact) mass is 1370 g/mol. The van der Waals surface area contributed by atoms with Crippen LogP contribution in [0.2, 0.25) is 0 Å². The molecule has 578 valence electrons. The van der Waals surface area contributed by atoms with Crippen LogP contribution in [0.3, 0.4) is 0 Å². The normalized spacial score (nSPS) is 12.4. The molecule has 0 aliphatic carbocycles. The number of aliphatic hydroxyl groups is 2. The lowest BCUT2D eigenvalue weighted by atomic mass is 10.1. The Morgan fingerprint density at radius 1 is 0.237 bits per heavy atom. The van der Waals surface area contributed by atoms with Gasteiger partial charge in [0.05, 0.1) is 12.2 Å². The van der Waals surface area contributed by atoms with Gasteiger partial charge in [-0.25, -0.2) is 0 Å². The molecule has 0 bridgehead atoms. The molecule has 0 spiro atoms. The largest absolute Gasteiger partial charge is 0.390 e. The molecule has 0 radical (unpaired) electrons. The molecule has 0 aromatic heterocycles. The minimum Gasteiger partial charge on any atom is -0.390 e. The molecule has 0 aromatic carbocycles. The number of hydrogen-bond donors (Lipinski definition) is 6. The van der Waals surface area contributed by atoms with E-state index in [2.05, 4.69) is 70.6 Å². The lowest BCUT2D eigenvalue weighted by Gasteiger charge is -2.30. The Labute approximate surface area is 605 Å². The van der Waals surface area contributed by atoms with Gasteiger partial charge in [-0.05, 0) is 71.1 Å². The third-order valence-electron chi connectivity index (χ3n) is 20.5. The van der Waals surface area contributed by atoms with Gasteiger partial charge in [-0.15, -0.1) is 0 Å². The fourth-order valence-electron chi connectivity index (χ4n) is 14.1. The van der Waals surface area contributed by atoms with Crippen molar-refractivity contribution in [2.24, 2.45) is 0 Å². The Kier molecular flexibility index (Phi) is 78.4. The number of amides is 3. The van der Waals surface area contributed by atoms with E-state index >= 15 is 0 Å². The standard InChI is InChI=1S/C85H173N7O5/c1-6-11-16-21-26-31-36-39-44-49-52-57-67-87-83(95)64-70-86-77-81(93)78-90(71-60-55-50-45-40-37-32-27-22-17-12-7-2)73-62-63-74-91(72-61-56-51-46-41-38-33-28-23-18-13-8-3)79-82(94)80-92(75-65-84(96)88-68-58-53-47-42-34-29-24-19-14-9-4)76-66-85(97)89-69-59-54-48-43-35-30-25-20-15-10-5/h81-82,86,93-94H,6-80H2,1-5H3,(H,87,95)(H,88,96)(H,89,97). The maximum atomic E-state index is 13.3. The van der Waals surface area contributed by atoms with Crippen LogP contribution in [0.5, 0.6) is 0 Å². The molecular formula is C85H173N7O5. The van der Waals surface area contributed by atoms with Gasteiger partial charge in [0.15, 0.2) is 0 Å². The summed E-state index contributed by atoms with van der Waals surface area (Å²) < 4.78 is 0. The second kappa shape index (κ2) is 79.9. The first-order valence-corrected chi connectivity index (χ1v) is 43.7. The molecule has 0 aliphatic heterocycles. The van der Waals surface area contributed by atoms with Gasteiger partial charge in [0, 0.05) is 84.7 Å². The van der Waals surface area contributed by atoms with Gasteiger partial charge in [0.2, 0.25) is 17.7 Å². The molecule has 0 aromatic rings. The zero-order valence-corrected chi connectivity index (χ0v) is 66.1. The molecule has 6 N–H and O–H groups in total. The maximum Gasteiger partial charge on any atom is 0.221 e. The van der Waals surface area contributed by atoms with Crippen LogP contribution in [0.4, 0.5) is 0 Å². The lowest BCUT2D eigenvalue weighted by molar-refractivity contribution is -0.122. The van der Waals surface area contributed by atoms with Crippen LogP contribution in [-0.2, 0) is 14.4 Å². The summed E-state index contributed by atoms with van der Waals surface area (Å²) >= 11 is 0. The molecule has 0 rings (SSSR count). The Morgan fingerprint density at radius 3 is 0.691 bits per heavy atom. The van der Waals surface area contributed by atoms with E-state index in [0.29, 0.717) is 78.2 Å². The predicted molar refractivity (Wildman–Crippen MR) is 423 cm³/mol. The van der Waals surface area contributed by atoms with Crippen molar-refractivity contribution in [1.29, 1.82) is 0 Å². The highest BCUT2D eigenvalue weighted by Crippen LogP contribution is 2.18. The summed E-state index contributed by atoms with van der Waals surface area (Å²) in [7, 11) is 0. The van der Waals surface area contributed by atoms with Crippen LogP contribution >= 0.6 is 0 Å². The topological polar surface area (TPSA) is 150 Å². The first-order chi connectivity index (χ1) is 47.7. The molecule has 97 heavy (non-hydrogen) atoms. The van der Waals surface area contributed by atoms with Crippen molar-refractivity contribution in [2.45, 2.75) is 438 Å². The van der Waals surface area contributed by atoms with E-state index in [-0.39, 0.29) is 17.7 Å². The zero-order valence-electron chi connectivity index (χ0n) is 66.1. The molecule has 2 unspecified atom stereocenters. The van der Waals surface area contributed by atoms with E-state index in [9.17, 15) is 24.6 Å². The van der Waals surface area contributed by atoms with E-state index in [4.69, 9.17) is 0 Å². The third-order valence-corrected chi connectivity index (χ3v) is 20.5. The second-order valence-electron chi connectivity index (χ2n) is 30.5. The molecule has 12 heteroatoms. The molecule has 0 aliphatic rings. The number of rotatable bonds is 83. The van der Waals surface area contributed by atoms with E-state index in [1.54, 1.807) is 0 Å². The summed E-state index contributed by atoms with van der Waals surface area (Å²) in [6.07, 6.45) is 74.9. The second-order valence-corrected chi connectivity index (χ2v) is 30.5. The molecular weight excluding hydrogens is 1200 g/mol. The van der Waals surface area contributed by atoms with Crippen LogP contribution in [-0.4, -0.2) is 146 Å². The number of aliphatic hydroxyl groups excluding tert-OH is 2. The lowest BCUT2D eigenvalue weighted by Crippen LogP contribution is -2.43. The third kappa shape index (κ3) is 75.2. The highest BCUT2D eigenvalue weighted by molar-refractivity contribution is 5.77. The zero-order chi connectivity index (χ0) is 70.5. The fourth-order valence-corrected chi connectivity index (χ4v) is 14.1. The van der Waals surface area contributed by atoms with Crippen molar-refractivity contribution in [3.05, 3.63) is 0 Å². The van der Waals surface area contributed by atoms with Crippen LogP contribution in [0.25, 0.3) is 0 Å². The molecule has 0 saturated carbocycles. The summed E-state index contributed by atoms with van der Waals surface area (Å²) in [5.41, 5.74) is 0. The van der Waals surface area contributed by atoms with Crippen LogP contribution in [0.15, 0.2) is 0 Å². The predicted octanol–water partition coefficient (Wildman–Crippen LogP) is 21.4. The Balaban J connectivity index is 5.74. The average Bonchev–Trinajstić information content (AvgIpc) is 2.39. The van der Waals surface area contributed by atoms with Crippen molar-refractivity contribution in [3.63, 3.8) is 0 Å². The van der Waals surface area contributed by atoms with E-state index in [0.717, 1.165) is 90.5 Å². The van der Waals surface area contributed by atoms with E-state index < -0.39 is 12.2 Å². The van der Waals surface area contributed by atoms with Crippen molar-refractivity contribution in [1.82, 2.24) is 36.0 Å². The number of carbonyl (C=O) groups is 3. The average molecular weight is 1370 g/mol. The summed E-state index contributed by atoms with van der Waals surface area (Å²) in [6.45, 7) is 21.1. The number of nitrogens with zero attached hydrogens (tertiary/aromatic N) is 3. The Hall–Kier alpha value is -1.83. The molecule has 3 amide bonds. The Bertz CT molecular complexity index is 1530. The van der Waals surface area contributed by atoms with Gasteiger partial charge < -0.3 is 41.3 Å². The van der Waals surface area contributed by atoms with Gasteiger partial charge in [-0.3, -0.25) is 19.3 Å². The van der Waals surface area contributed by atoms with Gasteiger partial charge in [-0.2, -0.15) is 0 Å². The van der Waals surface area contributed by atoms with Gasteiger partial charge in [0.1, 0.15) is 0 Å². The summed E-state index contributed by atoms with van der Waals surface area (Å²) in [5.74, 6) is 0.219. The van der Waals surface area contributed by atoms with E-state index in [1.165, 1.54) is 315 Å². The highest BCUT2D eigenvalue weighted by Gasteiger charge is 2.19. The van der Waals surface area contributed by atoms with E-state index in [1.807, 2.05) is 0 Å². The first kappa shape index (κ1) is 95.2. The molecule has 0 fully saturated rings. The van der Waals surface area contributed by atoms with Crippen molar-refractivity contribution in [2.75, 3.05) is 91.6 Å². The minimum absolute atomic E-state index is 0.0608. The molecule has 0 heterocycles. The van der Waals surface area contributed by atoms with Gasteiger partial charge in [0.25, 0.3) is 0 Å². The number of hydrogen-bond acceptors (Lipinski definition) is 9. The maximum absolute atomic E-state index is 13.3. The van der Waals surface area contributed by atoms with Gasteiger partial charge >= 0.3 is 0 Å². The number of unbranched alkanes of at least 4 members (excludes halogenated alkanes) is 52. The van der Waals surface area contributed by atoms with Crippen molar-refractivity contribution >= 4 is 17.7 Å². The first-order valence-electron chi connectivity index (χ1n) is 43.7. The molecule has 2 atom stereocenters. The SMILES string of the molecule is CCCCCCCCCCCCCCNC(=O)CCNCC(O)CN(CCCCCCCCCCCCCC)CCCCN(CCCCCCCCCCCCCC)CC(O)CN(CCC(=O)NCCCCCCCCCCCC)CCC(=O)NCCCCCCCCCCCC. The van der Waals surface area contributed by atoms with Crippen LogP contribution < -0.4 is 21.3 Å². The van der Waals surface area contributed by atoms with Crippen LogP contribution in [0, 0.1) is 0 Å². The smallest absolute Gasteiger partial charge is 0.221 e. The van der Waals surface area contributed by atoms with Crippen molar-refractivity contribution in [3.8, 4) is 0 Å². The minimum atomic E-state index is -0.600. The number of nitrogens with one attached hydrogen (secondary N) is 4. The van der Waals surface area contributed by atoms with Gasteiger partial charge in [-0.1, -0.05) is 362 Å². The van der Waals surface area contributed by atoms with Crippen LogP contribution in [0.1, 0.15) is 426 Å². The number of carbonyl (C=O) groups excluding carboxylic acids is 3. The Morgan fingerprint density at radius 2 is 0.433 bits per heavy atom. The molecule has 12 nitrogen and oxygen atoms in total. The summed E-state index contributed by atoms with van der Waals surface area (Å²) in [4.78, 5) is 46.5.